The fourth-order valence-corrected chi connectivity index (χ4v) is 2.53. The predicted octanol–water partition coefficient (Wildman–Crippen LogP) is 3.25. The number of hydrogen-bond acceptors (Lipinski definition) is 3. The molecule has 0 radical (unpaired) electrons. The molecule has 0 aromatic heterocycles. The van der Waals surface area contributed by atoms with Gasteiger partial charge in [-0.1, -0.05) is 6.07 Å². The van der Waals surface area contributed by atoms with Gasteiger partial charge in [-0.2, -0.15) is 13.2 Å². The Morgan fingerprint density at radius 2 is 1.82 bits per heavy atom. The van der Waals surface area contributed by atoms with E-state index in [1.807, 2.05) is 18.7 Å². The van der Waals surface area contributed by atoms with E-state index in [-0.39, 0.29) is 6.10 Å². The molecule has 1 aliphatic rings. The van der Waals surface area contributed by atoms with E-state index in [4.69, 9.17) is 4.74 Å². The zero-order valence-corrected chi connectivity index (χ0v) is 13.1. The minimum atomic E-state index is -4.29. The Hall–Kier alpha value is -1.27. The summed E-state index contributed by atoms with van der Waals surface area (Å²) >= 11 is 0. The Balaban J connectivity index is 1.86. The van der Waals surface area contributed by atoms with E-state index in [0.29, 0.717) is 12.3 Å². The van der Waals surface area contributed by atoms with Crippen LogP contribution in [0.25, 0.3) is 0 Å². The van der Waals surface area contributed by atoms with Gasteiger partial charge in [0.1, 0.15) is 0 Å². The van der Waals surface area contributed by atoms with Crippen LogP contribution in [0.5, 0.6) is 0 Å². The molecular formula is C16H23F3N2O. The van der Waals surface area contributed by atoms with Gasteiger partial charge >= 0.3 is 6.18 Å². The van der Waals surface area contributed by atoms with Gasteiger partial charge in [0.2, 0.25) is 0 Å². The molecule has 0 amide bonds. The smallest absolute Gasteiger partial charge is 0.377 e. The maximum atomic E-state index is 12.8. The average molecular weight is 316 g/mol. The van der Waals surface area contributed by atoms with E-state index in [9.17, 15) is 13.2 Å². The van der Waals surface area contributed by atoms with Crippen molar-refractivity contribution in [3.63, 3.8) is 0 Å². The molecule has 0 aliphatic carbocycles. The van der Waals surface area contributed by atoms with Gasteiger partial charge in [0, 0.05) is 38.4 Å². The molecule has 0 saturated carbocycles. The van der Waals surface area contributed by atoms with Crippen molar-refractivity contribution in [1.82, 2.24) is 4.90 Å². The van der Waals surface area contributed by atoms with Gasteiger partial charge in [0.15, 0.2) is 0 Å². The van der Waals surface area contributed by atoms with Crippen LogP contribution in [0, 0.1) is 0 Å². The maximum Gasteiger partial charge on any atom is 0.416 e. The van der Waals surface area contributed by atoms with E-state index < -0.39 is 11.7 Å². The lowest BCUT2D eigenvalue weighted by atomic mass is 10.1. The van der Waals surface area contributed by atoms with Crippen molar-refractivity contribution < 1.29 is 17.9 Å². The van der Waals surface area contributed by atoms with Crippen molar-refractivity contribution in [1.29, 1.82) is 0 Å². The number of rotatable bonds is 5. The molecule has 1 aliphatic heterocycles. The van der Waals surface area contributed by atoms with E-state index in [1.54, 1.807) is 6.07 Å². The standard InChI is InChI=1S/C16H23F3N2O/c1-13(2)22-11-10-20-6-8-21(9-7-20)15-5-3-4-14(12-15)16(17,18)19/h3-5,12-13H,6-11H2,1-2H3. The first-order valence-corrected chi connectivity index (χ1v) is 7.62. The summed E-state index contributed by atoms with van der Waals surface area (Å²) in [6.07, 6.45) is -4.06. The molecule has 124 valence electrons. The van der Waals surface area contributed by atoms with Crippen LogP contribution in [0.15, 0.2) is 24.3 Å². The highest BCUT2D eigenvalue weighted by atomic mass is 19.4. The normalized spacial score (nSPS) is 17.3. The summed E-state index contributed by atoms with van der Waals surface area (Å²) in [5.41, 5.74) is 0.0608. The molecule has 0 N–H and O–H groups in total. The number of nitrogens with zero attached hydrogens (tertiary/aromatic N) is 2. The van der Waals surface area contributed by atoms with Gasteiger partial charge < -0.3 is 9.64 Å². The summed E-state index contributed by atoms with van der Waals surface area (Å²) in [5, 5.41) is 0. The zero-order chi connectivity index (χ0) is 16.2. The van der Waals surface area contributed by atoms with Crippen LogP contribution in [0.1, 0.15) is 19.4 Å². The van der Waals surface area contributed by atoms with Crippen molar-refractivity contribution >= 4 is 5.69 Å². The highest BCUT2D eigenvalue weighted by Crippen LogP contribution is 2.31. The molecule has 22 heavy (non-hydrogen) atoms. The Morgan fingerprint density at radius 3 is 2.41 bits per heavy atom. The lowest BCUT2D eigenvalue weighted by molar-refractivity contribution is -0.137. The number of benzene rings is 1. The van der Waals surface area contributed by atoms with Gasteiger partial charge in [-0.05, 0) is 32.0 Å². The summed E-state index contributed by atoms with van der Waals surface area (Å²) < 4.78 is 43.8. The number of anilines is 1. The molecule has 1 saturated heterocycles. The van der Waals surface area contributed by atoms with E-state index in [1.165, 1.54) is 12.1 Å². The Bertz CT molecular complexity index is 469. The molecule has 3 nitrogen and oxygen atoms in total. The highest BCUT2D eigenvalue weighted by molar-refractivity contribution is 5.49. The number of hydrogen-bond donors (Lipinski definition) is 0. The van der Waals surface area contributed by atoms with Crippen molar-refractivity contribution in [3.8, 4) is 0 Å². The second kappa shape index (κ2) is 7.33. The van der Waals surface area contributed by atoms with Crippen LogP contribution in [0.4, 0.5) is 18.9 Å². The van der Waals surface area contributed by atoms with E-state index >= 15 is 0 Å². The third-order valence-corrected chi connectivity index (χ3v) is 3.77. The van der Waals surface area contributed by atoms with Crippen LogP contribution in [0.3, 0.4) is 0 Å². The third kappa shape index (κ3) is 4.88. The molecule has 2 rings (SSSR count). The average Bonchev–Trinajstić information content (AvgIpc) is 2.47. The maximum absolute atomic E-state index is 12.8. The second-order valence-electron chi connectivity index (χ2n) is 5.80. The first kappa shape index (κ1) is 17.1. The molecule has 0 bridgehead atoms. The first-order chi connectivity index (χ1) is 10.4. The summed E-state index contributed by atoms with van der Waals surface area (Å²) in [6, 6.07) is 5.56. The minimum Gasteiger partial charge on any atom is -0.377 e. The Kier molecular flexibility index (Phi) is 5.69. The van der Waals surface area contributed by atoms with Crippen LogP contribution < -0.4 is 4.90 Å². The molecule has 1 fully saturated rings. The van der Waals surface area contributed by atoms with Gasteiger partial charge in [0.25, 0.3) is 0 Å². The number of ether oxygens (including phenoxy) is 1. The lowest BCUT2D eigenvalue weighted by Gasteiger charge is -2.36. The van der Waals surface area contributed by atoms with Gasteiger partial charge in [-0.15, -0.1) is 0 Å². The summed E-state index contributed by atoms with van der Waals surface area (Å²) in [6.45, 7) is 8.74. The van der Waals surface area contributed by atoms with E-state index in [2.05, 4.69) is 4.90 Å². The van der Waals surface area contributed by atoms with Crippen LogP contribution in [0.2, 0.25) is 0 Å². The summed E-state index contributed by atoms with van der Waals surface area (Å²) in [4.78, 5) is 4.29. The van der Waals surface area contributed by atoms with Crippen LogP contribution >= 0.6 is 0 Å². The molecular weight excluding hydrogens is 293 g/mol. The van der Waals surface area contributed by atoms with Crippen molar-refractivity contribution in [3.05, 3.63) is 29.8 Å². The monoisotopic (exact) mass is 316 g/mol. The largest absolute Gasteiger partial charge is 0.416 e. The topological polar surface area (TPSA) is 15.7 Å². The zero-order valence-electron chi connectivity index (χ0n) is 13.1. The van der Waals surface area contributed by atoms with Crippen molar-refractivity contribution in [2.45, 2.75) is 26.1 Å². The molecule has 0 spiro atoms. The summed E-state index contributed by atoms with van der Waals surface area (Å²) in [5.74, 6) is 0. The number of piperazine rings is 1. The van der Waals surface area contributed by atoms with Crippen LogP contribution in [-0.4, -0.2) is 50.3 Å². The Labute approximate surface area is 129 Å². The number of halogens is 3. The second-order valence-corrected chi connectivity index (χ2v) is 5.80. The quantitative estimate of drug-likeness (QED) is 0.829. The van der Waals surface area contributed by atoms with Crippen molar-refractivity contribution in [2.75, 3.05) is 44.2 Å². The fraction of sp³-hybridized carbons (Fsp3) is 0.625. The summed E-state index contributed by atoms with van der Waals surface area (Å²) in [7, 11) is 0. The Morgan fingerprint density at radius 1 is 1.14 bits per heavy atom. The number of alkyl halides is 3. The van der Waals surface area contributed by atoms with Crippen LogP contribution in [-0.2, 0) is 10.9 Å². The first-order valence-electron chi connectivity index (χ1n) is 7.62. The molecule has 1 heterocycles. The van der Waals surface area contributed by atoms with Gasteiger partial charge in [-0.3, -0.25) is 4.90 Å². The highest BCUT2D eigenvalue weighted by Gasteiger charge is 2.31. The SMILES string of the molecule is CC(C)OCCN1CCN(c2cccc(C(F)(F)F)c2)CC1. The third-order valence-electron chi connectivity index (χ3n) is 3.77. The molecule has 1 aromatic carbocycles. The molecule has 6 heteroatoms. The van der Waals surface area contributed by atoms with Gasteiger partial charge in [-0.25, -0.2) is 0 Å². The minimum absolute atomic E-state index is 0.228. The van der Waals surface area contributed by atoms with Crippen molar-refractivity contribution in [2.24, 2.45) is 0 Å². The molecule has 0 unspecified atom stereocenters. The predicted molar refractivity (Wildman–Crippen MR) is 81.2 cm³/mol. The molecule has 1 aromatic rings. The lowest BCUT2D eigenvalue weighted by Crippen LogP contribution is -2.47. The van der Waals surface area contributed by atoms with Gasteiger partial charge in [0.05, 0.1) is 18.3 Å². The molecule has 0 atom stereocenters. The fourth-order valence-electron chi connectivity index (χ4n) is 2.53. The van der Waals surface area contributed by atoms with E-state index in [0.717, 1.165) is 38.8 Å².